The van der Waals surface area contributed by atoms with Crippen LogP contribution in [0.15, 0.2) is 28.1 Å². The van der Waals surface area contributed by atoms with E-state index in [1.54, 1.807) is 24.9 Å². The molecule has 0 spiro atoms. The van der Waals surface area contributed by atoms with Gasteiger partial charge in [0.1, 0.15) is 5.82 Å². The van der Waals surface area contributed by atoms with Crippen LogP contribution in [0.5, 0.6) is 0 Å². The van der Waals surface area contributed by atoms with Gasteiger partial charge in [0.15, 0.2) is 5.96 Å². The van der Waals surface area contributed by atoms with Crippen LogP contribution in [0.25, 0.3) is 0 Å². The molecule has 1 rings (SSSR count). The van der Waals surface area contributed by atoms with E-state index in [4.69, 9.17) is 5.11 Å². The number of hydrogen-bond acceptors (Lipinski definition) is 3. The highest BCUT2D eigenvalue weighted by molar-refractivity contribution is 7.98. The fraction of sp³-hybridized carbons (Fsp3) is 0.417. The van der Waals surface area contributed by atoms with Crippen molar-refractivity contribution in [2.24, 2.45) is 4.99 Å². The number of hydrogen-bond donors (Lipinski definition) is 3. The molecule has 100 valence electrons. The normalized spacial score (nSPS) is 11.4. The molecule has 0 aliphatic heterocycles. The second-order valence-corrected chi connectivity index (χ2v) is 4.38. The van der Waals surface area contributed by atoms with E-state index < -0.39 is 0 Å². The van der Waals surface area contributed by atoms with Crippen molar-refractivity contribution in [2.45, 2.75) is 11.4 Å². The van der Waals surface area contributed by atoms with Gasteiger partial charge >= 0.3 is 0 Å². The molecular formula is C12H18FN3OS. The zero-order valence-electron chi connectivity index (χ0n) is 10.5. The highest BCUT2D eigenvalue weighted by Gasteiger charge is 2.04. The molecule has 6 heteroatoms. The van der Waals surface area contributed by atoms with Gasteiger partial charge in [-0.15, -0.1) is 11.8 Å². The van der Waals surface area contributed by atoms with E-state index >= 15 is 0 Å². The quantitative estimate of drug-likeness (QED) is 0.428. The van der Waals surface area contributed by atoms with E-state index in [-0.39, 0.29) is 12.4 Å². The summed E-state index contributed by atoms with van der Waals surface area (Å²) >= 11 is 1.57. The number of halogens is 1. The molecule has 1 aromatic rings. The molecule has 0 atom stereocenters. The van der Waals surface area contributed by atoms with Crippen LogP contribution < -0.4 is 10.6 Å². The summed E-state index contributed by atoms with van der Waals surface area (Å²) in [5.41, 5.74) is 0.884. The second kappa shape index (κ2) is 7.94. The fourth-order valence-corrected chi connectivity index (χ4v) is 2.06. The number of benzene rings is 1. The van der Waals surface area contributed by atoms with Gasteiger partial charge in [-0.2, -0.15) is 0 Å². The lowest BCUT2D eigenvalue weighted by Crippen LogP contribution is -2.38. The number of nitrogens with zero attached hydrogens (tertiary/aromatic N) is 1. The molecule has 0 amide bonds. The van der Waals surface area contributed by atoms with E-state index in [9.17, 15) is 4.39 Å². The summed E-state index contributed by atoms with van der Waals surface area (Å²) in [4.78, 5) is 5.03. The van der Waals surface area contributed by atoms with Crippen LogP contribution in [0.3, 0.4) is 0 Å². The van der Waals surface area contributed by atoms with Crippen molar-refractivity contribution in [3.8, 4) is 0 Å². The largest absolute Gasteiger partial charge is 0.395 e. The molecule has 3 N–H and O–H groups in total. The second-order valence-electron chi connectivity index (χ2n) is 3.53. The van der Waals surface area contributed by atoms with Crippen molar-refractivity contribution in [2.75, 3.05) is 26.5 Å². The number of aliphatic hydroxyl groups is 1. The number of aliphatic imine (C=N–C) groups is 1. The molecular weight excluding hydrogens is 253 g/mol. The molecule has 0 fully saturated rings. The Balaban J connectivity index is 2.64. The molecule has 0 unspecified atom stereocenters. The molecule has 0 saturated carbocycles. The third kappa shape index (κ3) is 4.54. The number of nitrogens with one attached hydrogen (secondary N) is 2. The van der Waals surface area contributed by atoms with Crippen LogP contribution in [-0.4, -0.2) is 37.5 Å². The van der Waals surface area contributed by atoms with Crippen molar-refractivity contribution < 1.29 is 9.50 Å². The van der Waals surface area contributed by atoms with Gasteiger partial charge < -0.3 is 15.7 Å². The third-order valence-corrected chi connectivity index (χ3v) is 3.15. The Morgan fingerprint density at radius 2 is 2.22 bits per heavy atom. The Hall–Kier alpha value is -1.27. The minimum absolute atomic E-state index is 0.0384. The molecule has 0 heterocycles. The molecule has 0 aromatic heterocycles. The van der Waals surface area contributed by atoms with Crippen molar-refractivity contribution in [1.82, 2.24) is 10.6 Å². The molecule has 0 aliphatic carbocycles. The van der Waals surface area contributed by atoms with Gasteiger partial charge in [0, 0.05) is 25.0 Å². The van der Waals surface area contributed by atoms with Gasteiger partial charge in [-0.3, -0.25) is 4.99 Å². The van der Waals surface area contributed by atoms with Crippen LogP contribution in [0.2, 0.25) is 0 Å². The lowest BCUT2D eigenvalue weighted by atomic mass is 10.2. The topological polar surface area (TPSA) is 56.7 Å². The van der Waals surface area contributed by atoms with E-state index in [2.05, 4.69) is 15.6 Å². The lowest BCUT2D eigenvalue weighted by molar-refractivity contribution is 0.300. The smallest absolute Gasteiger partial charge is 0.191 e. The predicted molar refractivity (Wildman–Crippen MR) is 73.5 cm³/mol. The maximum Gasteiger partial charge on any atom is 0.191 e. The Labute approximate surface area is 111 Å². The molecule has 0 aliphatic rings. The summed E-state index contributed by atoms with van der Waals surface area (Å²) in [5.74, 6) is 0.336. The first kappa shape index (κ1) is 14.8. The summed E-state index contributed by atoms with van der Waals surface area (Å²) in [6.07, 6.45) is 1.95. The predicted octanol–water partition coefficient (Wildman–Crippen LogP) is 1.20. The summed E-state index contributed by atoms with van der Waals surface area (Å²) in [7, 11) is 1.65. The van der Waals surface area contributed by atoms with Crippen molar-refractivity contribution in [3.05, 3.63) is 29.6 Å². The number of guanidine groups is 1. The molecule has 4 nitrogen and oxygen atoms in total. The molecule has 0 bridgehead atoms. The van der Waals surface area contributed by atoms with Gasteiger partial charge in [-0.25, -0.2) is 4.39 Å². The van der Waals surface area contributed by atoms with Gasteiger partial charge in [0.25, 0.3) is 0 Å². The maximum atomic E-state index is 13.2. The van der Waals surface area contributed by atoms with E-state index in [1.807, 2.05) is 6.26 Å². The lowest BCUT2D eigenvalue weighted by Gasteiger charge is -2.13. The van der Waals surface area contributed by atoms with Gasteiger partial charge in [-0.1, -0.05) is 0 Å². The number of thioether (sulfide) groups is 1. The molecule has 1 aromatic carbocycles. The van der Waals surface area contributed by atoms with Crippen LogP contribution in [0, 0.1) is 5.82 Å². The van der Waals surface area contributed by atoms with Gasteiger partial charge in [0.2, 0.25) is 0 Å². The van der Waals surface area contributed by atoms with Crippen LogP contribution in [0.1, 0.15) is 5.56 Å². The zero-order valence-corrected chi connectivity index (χ0v) is 11.4. The van der Waals surface area contributed by atoms with Gasteiger partial charge in [0.05, 0.1) is 6.61 Å². The first-order valence-corrected chi connectivity index (χ1v) is 6.81. The number of aliphatic hydroxyl groups excluding tert-OH is 1. The zero-order chi connectivity index (χ0) is 13.4. The molecule has 0 saturated heterocycles. The average Bonchev–Trinajstić information content (AvgIpc) is 2.39. The van der Waals surface area contributed by atoms with E-state index in [1.165, 1.54) is 12.1 Å². The summed E-state index contributed by atoms with van der Waals surface area (Å²) in [6.45, 7) is 0.952. The van der Waals surface area contributed by atoms with Crippen molar-refractivity contribution >= 4 is 17.7 Å². The minimum atomic E-state index is -0.247. The van der Waals surface area contributed by atoms with Crippen LogP contribution in [0.4, 0.5) is 4.39 Å². The van der Waals surface area contributed by atoms with Crippen LogP contribution in [-0.2, 0) is 6.54 Å². The minimum Gasteiger partial charge on any atom is -0.395 e. The SMILES string of the molecule is CN=C(NCCO)NCc1cc(F)ccc1SC. The Morgan fingerprint density at radius 1 is 1.44 bits per heavy atom. The van der Waals surface area contributed by atoms with E-state index in [0.29, 0.717) is 19.0 Å². The highest BCUT2D eigenvalue weighted by atomic mass is 32.2. The van der Waals surface area contributed by atoms with Crippen LogP contribution >= 0.6 is 11.8 Å². The fourth-order valence-electron chi connectivity index (χ4n) is 1.46. The Morgan fingerprint density at radius 3 is 2.83 bits per heavy atom. The maximum absolute atomic E-state index is 13.2. The highest BCUT2D eigenvalue weighted by Crippen LogP contribution is 2.20. The molecule has 0 radical (unpaired) electrons. The monoisotopic (exact) mass is 271 g/mol. The Bertz CT molecular complexity index is 412. The summed E-state index contributed by atoms with van der Waals surface area (Å²) in [5, 5.41) is 14.7. The standard InChI is InChI=1S/C12H18FN3OS/c1-14-12(15-5-6-17)16-8-9-7-10(13)3-4-11(9)18-2/h3-4,7,17H,5-6,8H2,1-2H3,(H2,14,15,16). The summed E-state index contributed by atoms with van der Waals surface area (Å²) < 4.78 is 13.2. The Kier molecular flexibility index (Phi) is 6.53. The third-order valence-electron chi connectivity index (χ3n) is 2.32. The first-order valence-electron chi connectivity index (χ1n) is 5.59. The van der Waals surface area contributed by atoms with E-state index in [0.717, 1.165) is 10.5 Å². The van der Waals surface area contributed by atoms with Gasteiger partial charge in [-0.05, 0) is 30.0 Å². The summed E-state index contributed by atoms with van der Waals surface area (Å²) in [6, 6.07) is 4.73. The number of rotatable bonds is 5. The first-order chi connectivity index (χ1) is 8.71. The average molecular weight is 271 g/mol. The molecule has 18 heavy (non-hydrogen) atoms. The van der Waals surface area contributed by atoms with Crippen molar-refractivity contribution in [3.63, 3.8) is 0 Å². The van der Waals surface area contributed by atoms with Crippen molar-refractivity contribution in [1.29, 1.82) is 0 Å².